The molecule has 4 amide bonds. The maximum absolute atomic E-state index is 14.2. The predicted octanol–water partition coefficient (Wildman–Crippen LogP) is 4.83. The lowest BCUT2D eigenvalue weighted by Crippen LogP contribution is -2.55. The van der Waals surface area contributed by atoms with Crippen LogP contribution in [0.15, 0.2) is 18.2 Å². The Labute approximate surface area is 234 Å². The highest BCUT2D eigenvalue weighted by atomic mass is 16.6. The number of carbonyl (C=O) groups excluding carboxylic acids is 4. The van der Waals surface area contributed by atoms with Crippen molar-refractivity contribution in [1.29, 1.82) is 0 Å². The zero-order valence-electron chi connectivity index (χ0n) is 25.4. The van der Waals surface area contributed by atoms with E-state index in [0.717, 1.165) is 30.4 Å². The van der Waals surface area contributed by atoms with E-state index in [-0.39, 0.29) is 18.7 Å². The van der Waals surface area contributed by atoms with Crippen molar-refractivity contribution in [3.05, 3.63) is 34.9 Å². The first kappa shape index (κ1) is 33.9. The number of nitrogens with one attached hydrogen (secondary N) is 2. The topological polar surface area (TPSA) is 131 Å². The average Bonchev–Trinajstić information content (AvgIpc) is 2.76. The van der Waals surface area contributed by atoms with Crippen molar-refractivity contribution in [2.75, 3.05) is 6.54 Å². The van der Waals surface area contributed by atoms with Gasteiger partial charge in [0.15, 0.2) is 0 Å². The van der Waals surface area contributed by atoms with E-state index in [2.05, 4.69) is 17.6 Å². The Morgan fingerprint density at radius 2 is 1.64 bits per heavy atom. The first-order valence-electron chi connectivity index (χ1n) is 13.9. The van der Waals surface area contributed by atoms with Gasteiger partial charge in [0, 0.05) is 18.5 Å². The number of unbranched alkanes of at least 4 members (excludes halogenated alkanes) is 3. The van der Waals surface area contributed by atoms with Crippen LogP contribution in [-0.4, -0.2) is 52.4 Å². The molecule has 0 aliphatic heterocycles. The van der Waals surface area contributed by atoms with Gasteiger partial charge in [0.1, 0.15) is 17.7 Å². The van der Waals surface area contributed by atoms with E-state index in [1.54, 1.807) is 20.8 Å². The average molecular weight is 547 g/mol. The minimum atomic E-state index is -1.10. The number of benzene rings is 1. The molecule has 0 aliphatic carbocycles. The van der Waals surface area contributed by atoms with Gasteiger partial charge >= 0.3 is 6.09 Å². The van der Waals surface area contributed by atoms with Crippen LogP contribution in [0.2, 0.25) is 0 Å². The van der Waals surface area contributed by atoms with E-state index < -0.39 is 41.1 Å². The number of hydrogen-bond acceptors (Lipinski definition) is 5. The van der Waals surface area contributed by atoms with Crippen molar-refractivity contribution >= 4 is 23.8 Å². The van der Waals surface area contributed by atoms with Crippen LogP contribution in [0.25, 0.3) is 0 Å². The molecule has 0 saturated heterocycles. The summed E-state index contributed by atoms with van der Waals surface area (Å²) in [5.74, 6) is -1.37. The number of carbonyl (C=O) groups is 4. The van der Waals surface area contributed by atoms with Crippen molar-refractivity contribution in [2.24, 2.45) is 5.73 Å². The van der Waals surface area contributed by atoms with E-state index in [4.69, 9.17) is 10.5 Å². The van der Waals surface area contributed by atoms with Crippen molar-refractivity contribution < 1.29 is 23.9 Å². The largest absolute Gasteiger partial charge is 0.444 e. The number of hydrogen-bond donors (Lipinski definition) is 3. The van der Waals surface area contributed by atoms with Gasteiger partial charge in [0.2, 0.25) is 17.7 Å². The summed E-state index contributed by atoms with van der Waals surface area (Å²) in [7, 11) is 0. The number of rotatable bonds is 13. The second-order valence-electron chi connectivity index (χ2n) is 12.3. The third-order valence-electron chi connectivity index (χ3n) is 5.98. The van der Waals surface area contributed by atoms with Gasteiger partial charge in [0.25, 0.3) is 0 Å². The molecule has 0 aromatic heterocycles. The van der Waals surface area contributed by atoms with Gasteiger partial charge in [-0.2, -0.15) is 0 Å². The Morgan fingerprint density at radius 3 is 2.15 bits per heavy atom. The molecular weight excluding hydrogens is 496 g/mol. The van der Waals surface area contributed by atoms with Crippen molar-refractivity contribution in [1.82, 2.24) is 15.5 Å². The fourth-order valence-corrected chi connectivity index (χ4v) is 4.29. The van der Waals surface area contributed by atoms with Gasteiger partial charge in [-0.15, -0.1) is 0 Å². The van der Waals surface area contributed by atoms with Gasteiger partial charge in [-0.05, 0) is 79.4 Å². The molecule has 4 N–H and O–H groups in total. The SMILES string of the molecule is CCCCCCN(C(=O)C(CCC(N)=O)NC(=O)OC(C)(C)C)C(C(=O)NC(C)(C)C)c1ccc(C)cc1C. The molecule has 0 bridgehead atoms. The number of amides is 4. The molecular formula is C30H50N4O5. The summed E-state index contributed by atoms with van der Waals surface area (Å²) in [6.45, 7) is 17.1. The second kappa shape index (κ2) is 14.9. The Kier molecular flexibility index (Phi) is 13.0. The number of primary amides is 1. The van der Waals surface area contributed by atoms with E-state index in [1.165, 1.54) is 4.90 Å². The molecule has 0 heterocycles. The lowest BCUT2D eigenvalue weighted by atomic mass is 9.95. The lowest BCUT2D eigenvalue weighted by molar-refractivity contribution is -0.143. The molecule has 1 rings (SSSR count). The molecule has 2 unspecified atom stereocenters. The zero-order chi connectivity index (χ0) is 30.0. The van der Waals surface area contributed by atoms with Gasteiger partial charge in [0.05, 0.1) is 0 Å². The summed E-state index contributed by atoms with van der Waals surface area (Å²) in [5, 5.41) is 5.67. The molecule has 0 saturated carbocycles. The van der Waals surface area contributed by atoms with Crippen LogP contribution < -0.4 is 16.4 Å². The smallest absolute Gasteiger partial charge is 0.408 e. The molecule has 0 aliphatic rings. The molecule has 0 spiro atoms. The van der Waals surface area contributed by atoms with Crippen molar-refractivity contribution in [2.45, 2.75) is 124 Å². The summed E-state index contributed by atoms with van der Waals surface area (Å²) in [4.78, 5) is 53.9. The molecule has 1 aromatic carbocycles. The number of ether oxygens (including phenoxy) is 1. The minimum Gasteiger partial charge on any atom is -0.444 e. The number of nitrogens with zero attached hydrogens (tertiary/aromatic N) is 1. The van der Waals surface area contributed by atoms with Crippen LogP contribution in [-0.2, 0) is 19.1 Å². The number of alkyl carbamates (subject to hydrolysis) is 1. The molecule has 39 heavy (non-hydrogen) atoms. The van der Waals surface area contributed by atoms with E-state index >= 15 is 0 Å². The summed E-state index contributed by atoms with van der Waals surface area (Å²) in [5.41, 5.74) is 6.70. The van der Waals surface area contributed by atoms with E-state index in [1.807, 2.05) is 52.8 Å². The molecule has 9 nitrogen and oxygen atoms in total. The first-order valence-corrected chi connectivity index (χ1v) is 13.9. The third-order valence-corrected chi connectivity index (χ3v) is 5.98. The van der Waals surface area contributed by atoms with Gasteiger partial charge in [-0.3, -0.25) is 14.4 Å². The number of aryl methyl sites for hydroxylation is 2. The fraction of sp³-hybridized carbons (Fsp3) is 0.667. The van der Waals surface area contributed by atoms with Crippen LogP contribution >= 0.6 is 0 Å². The van der Waals surface area contributed by atoms with Gasteiger partial charge in [-0.25, -0.2) is 4.79 Å². The summed E-state index contributed by atoms with van der Waals surface area (Å²) < 4.78 is 5.39. The molecule has 2 atom stereocenters. The zero-order valence-corrected chi connectivity index (χ0v) is 25.4. The number of nitrogens with two attached hydrogens (primary N) is 1. The summed E-state index contributed by atoms with van der Waals surface area (Å²) >= 11 is 0. The van der Waals surface area contributed by atoms with E-state index in [9.17, 15) is 19.2 Å². The van der Waals surface area contributed by atoms with Gasteiger partial charge in [-0.1, -0.05) is 49.9 Å². The quantitative estimate of drug-likeness (QED) is 0.305. The Bertz CT molecular complexity index is 994. The first-order chi connectivity index (χ1) is 17.9. The van der Waals surface area contributed by atoms with Crippen LogP contribution in [0, 0.1) is 13.8 Å². The normalized spacial score (nSPS) is 13.3. The highest BCUT2D eigenvalue weighted by Crippen LogP contribution is 2.28. The van der Waals surface area contributed by atoms with Crippen LogP contribution in [0.1, 0.15) is 110 Å². The van der Waals surface area contributed by atoms with Crippen molar-refractivity contribution in [3.8, 4) is 0 Å². The standard InChI is InChI=1S/C30H50N4O5/c1-10-11-12-13-18-34(27(37)23(16-17-24(31)35)32-28(38)39-30(7,8)9)25(26(36)33-29(4,5)6)22-15-14-20(2)19-21(22)3/h14-15,19,23,25H,10-13,16-18H2,1-9H3,(H2,31,35)(H,32,38)(H,33,36). The Balaban J connectivity index is 3.61. The van der Waals surface area contributed by atoms with Crippen molar-refractivity contribution in [3.63, 3.8) is 0 Å². The molecule has 0 radical (unpaired) electrons. The van der Waals surface area contributed by atoms with Crippen LogP contribution in [0.4, 0.5) is 4.79 Å². The van der Waals surface area contributed by atoms with Gasteiger partial charge < -0.3 is 26.0 Å². The summed E-state index contributed by atoms with van der Waals surface area (Å²) in [6, 6.07) is 3.74. The van der Waals surface area contributed by atoms with Crippen LogP contribution in [0.5, 0.6) is 0 Å². The Morgan fingerprint density at radius 1 is 1.00 bits per heavy atom. The maximum atomic E-state index is 14.2. The third kappa shape index (κ3) is 12.5. The highest BCUT2D eigenvalue weighted by molar-refractivity contribution is 5.93. The monoisotopic (exact) mass is 546 g/mol. The molecule has 1 aromatic rings. The molecule has 9 heteroatoms. The highest BCUT2D eigenvalue weighted by Gasteiger charge is 2.37. The maximum Gasteiger partial charge on any atom is 0.408 e. The molecule has 0 fully saturated rings. The van der Waals surface area contributed by atoms with E-state index in [0.29, 0.717) is 18.5 Å². The summed E-state index contributed by atoms with van der Waals surface area (Å²) in [6.07, 6.45) is 2.66. The fourth-order valence-electron chi connectivity index (χ4n) is 4.29. The minimum absolute atomic E-state index is 0.0145. The molecule has 220 valence electrons. The second-order valence-corrected chi connectivity index (χ2v) is 12.3. The Hall–Kier alpha value is -3.10. The van der Waals surface area contributed by atoms with Crippen LogP contribution in [0.3, 0.4) is 0 Å². The lowest BCUT2D eigenvalue weighted by Gasteiger charge is -2.36. The predicted molar refractivity (Wildman–Crippen MR) is 154 cm³/mol.